The summed E-state index contributed by atoms with van der Waals surface area (Å²) in [6.07, 6.45) is 6.97. The number of hydrogen-bond acceptors (Lipinski definition) is 7. The molecule has 2 aliphatic rings. The van der Waals surface area contributed by atoms with Gasteiger partial charge in [-0.2, -0.15) is 10.1 Å². The molecule has 0 aliphatic carbocycles. The molecule has 3 aromatic rings. The van der Waals surface area contributed by atoms with Gasteiger partial charge in [0.1, 0.15) is 5.75 Å². The van der Waals surface area contributed by atoms with Crippen LogP contribution in [0.1, 0.15) is 24.0 Å². The Labute approximate surface area is 176 Å². The van der Waals surface area contributed by atoms with Crippen LogP contribution in [-0.2, 0) is 24.2 Å². The largest absolute Gasteiger partial charge is 0.495 e. The van der Waals surface area contributed by atoms with E-state index in [9.17, 15) is 0 Å². The minimum absolute atomic E-state index is 0.478. The molecule has 1 saturated heterocycles. The molecule has 1 fully saturated rings. The van der Waals surface area contributed by atoms with Crippen molar-refractivity contribution in [3.8, 4) is 5.75 Å². The zero-order valence-corrected chi connectivity index (χ0v) is 17.6. The van der Waals surface area contributed by atoms with Crippen molar-refractivity contribution in [2.75, 3.05) is 39.2 Å². The van der Waals surface area contributed by atoms with Gasteiger partial charge in [-0.1, -0.05) is 0 Å². The first-order valence-electron chi connectivity index (χ1n) is 10.6. The van der Waals surface area contributed by atoms with Crippen LogP contribution in [0, 0.1) is 5.92 Å². The number of fused-ring (bicyclic) bond motifs is 2. The number of aromatic nitrogens is 4. The number of rotatable bonds is 5. The van der Waals surface area contributed by atoms with Crippen LogP contribution >= 0.6 is 0 Å². The van der Waals surface area contributed by atoms with Gasteiger partial charge in [-0.3, -0.25) is 0 Å². The van der Waals surface area contributed by atoms with Crippen molar-refractivity contribution in [1.82, 2.24) is 24.6 Å². The summed E-state index contributed by atoms with van der Waals surface area (Å²) in [5, 5.41) is 8.85. The van der Waals surface area contributed by atoms with Crippen molar-refractivity contribution in [2.24, 2.45) is 5.92 Å². The highest BCUT2D eigenvalue weighted by molar-refractivity contribution is 5.76. The average Bonchev–Trinajstić information content (AvgIpc) is 3.16. The van der Waals surface area contributed by atoms with E-state index in [1.54, 1.807) is 7.11 Å². The van der Waals surface area contributed by atoms with E-state index in [0.717, 1.165) is 74.6 Å². The van der Waals surface area contributed by atoms with E-state index in [4.69, 9.17) is 14.5 Å². The molecule has 1 N–H and O–H groups in total. The van der Waals surface area contributed by atoms with E-state index in [1.165, 1.54) is 11.1 Å². The van der Waals surface area contributed by atoms with Crippen molar-refractivity contribution in [2.45, 2.75) is 32.4 Å². The third kappa shape index (κ3) is 3.85. The Kier molecular flexibility index (Phi) is 5.26. The molecule has 4 heterocycles. The van der Waals surface area contributed by atoms with Crippen molar-refractivity contribution >= 4 is 22.7 Å². The number of nitrogens with zero attached hydrogens (tertiary/aromatic N) is 5. The second kappa shape index (κ2) is 8.20. The fraction of sp³-hybridized carbons (Fsp3) is 0.500. The summed E-state index contributed by atoms with van der Waals surface area (Å²) < 4.78 is 13.2. The number of hydrogen-bond donors (Lipinski definition) is 1. The Hall–Kier alpha value is -2.71. The van der Waals surface area contributed by atoms with Crippen LogP contribution in [0.2, 0.25) is 0 Å². The molecule has 0 saturated carbocycles. The lowest BCUT2D eigenvalue weighted by atomic mass is 9.99. The van der Waals surface area contributed by atoms with E-state index in [2.05, 4.69) is 39.5 Å². The fourth-order valence-corrected chi connectivity index (χ4v) is 4.37. The predicted molar refractivity (Wildman–Crippen MR) is 115 cm³/mol. The van der Waals surface area contributed by atoms with Gasteiger partial charge in [0.15, 0.2) is 5.65 Å². The molecule has 1 atom stereocenters. The van der Waals surface area contributed by atoms with Crippen molar-refractivity contribution in [3.63, 3.8) is 0 Å². The Morgan fingerprint density at radius 3 is 3.03 bits per heavy atom. The van der Waals surface area contributed by atoms with E-state index in [1.807, 2.05) is 17.1 Å². The third-order valence-electron chi connectivity index (χ3n) is 6.03. The molecule has 0 spiro atoms. The SMILES string of the molecule is COc1cc2c(cc1Nc1ncc3cnn(C[C@@H]4CCCOC4)c3n1)CN(C)CC2. The molecule has 0 radical (unpaired) electrons. The molecular formula is C22H28N6O2. The Morgan fingerprint density at radius 2 is 2.20 bits per heavy atom. The first-order chi connectivity index (χ1) is 14.7. The number of ether oxygens (including phenoxy) is 2. The molecule has 0 unspecified atom stereocenters. The maximum absolute atomic E-state index is 5.64. The van der Waals surface area contributed by atoms with Gasteiger partial charge in [0.2, 0.25) is 5.95 Å². The number of methoxy groups -OCH3 is 1. The zero-order valence-electron chi connectivity index (χ0n) is 17.6. The summed E-state index contributed by atoms with van der Waals surface area (Å²) in [4.78, 5) is 11.6. The van der Waals surface area contributed by atoms with Gasteiger partial charge in [-0.25, -0.2) is 9.67 Å². The summed E-state index contributed by atoms with van der Waals surface area (Å²) in [5.41, 5.74) is 4.39. The molecule has 8 heteroatoms. The minimum Gasteiger partial charge on any atom is -0.495 e. The molecular weight excluding hydrogens is 380 g/mol. The standard InChI is InChI=1S/C22H28N6O2/c1-27-6-5-16-9-20(29-2)19(8-17(16)13-27)25-22-23-10-18-11-24-28(21(18)26-22)12-15-4-3-7-30-14-15/h8-11,15H,3-7,12-14H2,1-2H3,(H,23,25,26)/t15-/m0/s1. The molecule has 30 heavy (non-hydrogen) atoms. The highest BCUT2D eigenvalue weighted by atomic mass is 16.5. The highest BCUT2D eigenvalue weighted by Gasteiger charge is 2.19. The molecule has 2 aliphatic heterocycles. The second-order valence-electron chi connectivity index (χ2n) is 8.32. The van der Waals surface area contributed by atoms with Gasteiger partial charge in [-0.05, 0) is 49.6 Å². The normalized spacial score (nSPS) is 19.6. The summed E-state index contributed by atoms with van der Waals surface area (Å²) in [7, 11) is 3.85. The van der Waals surface area contributed by atoms with Gasteiger partial charge >= 0.3 is 0 Å². The lowest BCUT2D eigenvalue weighted by Crippen LogP contribution is -2.26. The molecule has 5 rings (SSSR count). The molecule has 2 aromatic heterocycles. The summed E-state index contributed by atoms with van der Waals surface area (Å²) >= 11 is 0. The summed E-state index contributed by atoms with van der Waals surface area (Å²) in [6, 6.07) is 4.30. The van der Waals surface area contributed by atoms with Crippen LogP contribution in [0.3, 0.4) is 0 Å². The number of nitrogens with one attached hydrogen (secondary N) is 1. The fourth-order valence-electron chi connectivity index (χ4n) is 4.37. The topological polar surface area (TPSA) is 77.3 Å². The van der Waals surface area contributed by atoms with Gasteiger partial charge in [0, 0.05) is 38.4 Å². The van der Waals surface area contributed by atoms with Crippen LogP contribution in [0.4, 0.5) is 11.6 Å². The van der Waals surface area contributed by atoms with E-state index in [-0.39, 0.29) is 0 Å². The first kappa shape index (κ1) is 19.3. The first-order valence-corrected chi connectivity index (χ1v) is 10.6. The minimum atomic E-state index is 0.478. The van der Waals surface area contributed by atoms with Crippen LogP contribution in [0.25, 0.3) is 11.0 Å². The monoisotopic (exact) mass is 408 g/mol. The van der Waals surface area contributed by atoms with Gasteiger partial charge in [0.25, 0.3) is 0 Å². The smallest absolute Gasteiger partial charge is 0.229 e. The molecule has 0 bridgehead atoms. The van der Waals surface area contributed by atoms with Gasteiger partial charge in [-0.15, -0.1) is 0 Å². The Bertz CT molecular complexity index is 1040. The van der Waals surface area contributed by atoms with E-state index in [0.29, 0.717) is 11.9 Å². The van der Waals surface area contributed by atoms with Crippen LogP contribution in [-0.4, -0.2) is 58.6 Å². The number of benzene rings is 1. The van der Waals surface area contributed by atoms with Crippen LogP contribution < -0.4 is 10.1 Å². The molecule has 1 aromatic carbocycles. The zero-order chi connectivity index (χ0) is 20.5. The average molecular weight is 409 g/mol. The second-order valence-corrected chi connectivity index (χ2v) is 8.32. The quantitative estimate of drug-likeness (QED) is 0.695. The molecule has 158 valence electrons. The van der Waals surface area contributed by atoms with Crippen molar-refractivity contribution in [3.05, 3.63) is 35.7 Å². The summed E-state index contributed by atoms with van der Waals surface area (Å²) in [5.74, 6) is 1.84. The van der Waals surface area contributed by atoms with Gasteiger partial charge < -0.3 is 19.7 Å². The molecule has 8 nitrogen and oxygen atoms in total. The number of likely N-dealkylation sites (N-methyl/N-ethyl adjacent to an activating group) is 1. The lowest BCUT2D eigenvalue weighted by Gasteiger charge is -2.26. The Morgan fingerprint density at radius 1 is 1.27 bits per heavy atom. The third-order valence-corrected chi connectivity index (χ3v) is 6.03. The maximum Gasteiger partial charge on any atom is 0.229 e. The van der Waals surface area contributed by atoms with E-state index < -0.39 is 0 Å². The van der Waals surface area contributed by atoms with Gasteiger partial charge in [0.05, 0.1) is 31.0 Å². The van der Waals surface area contributed by atoms with E-state index >= 15 is 0 Å². The summed E-state index contributed by atoms with van der Waals surface area (Å²) in [6.45, 7) is 4.47. The van der Waals surface area contributed by atoms with Crippen LogP contribution in [0.15, 0.2) is 24.5 Å². The highest BCUT2D eigenvalue weighted by Crippen LogP contribution is 2.33. The molecule has 0 amide bonds. The Balaban J connectivity index is 1.42. The van der Waals surface area contributed by atoms with Crippen LogP contribution in [0.5, 0.6) is 5.75 Å². The predicted octanol–water partition coefficient (Wildman–Crippen LogP) is 2.99. The van der Waals surface area contributed by atoms with Crippen molar-refractivity contribution in [1.29, 1.82) is 0 Å². The van der Waals surface area contributed by atoms with Crippen molar-refractivity contribution < 1.29 is 9.47 Å². The maximum atomic E-state index is 5.64. The lowest BCUT2D eigenvalue weighted by molar-refractivity contribution is 0.0474. The number of anilines is 2.